The molecular weight excluding hydrogens is 354 g/mol. The summed E-state index contributed by atoms with van der Waals surface area (Å²) in [4.78, 5) is 15.6. The standard InChI is InChI=1S/C19H24BrNO2/c20-16-3-1-15(2-4-16)19(9-13-23-14-10-19)17(22)21-11-7-18(5-6-18)8-12-21/h1-4H,5-14H2. The SMILES string of the molecule is O=C(N1CCC2(CC1)CC2)C1(c2ccc(Br)cc2)CCOCC1. The van der Waals surface area contributed by atoms with Crippen LogP contribution < -0.4 is 0 Å². The molecule has 1 saturated carbocycles. The smallest absolute Gasteiger partial charge is 0.233 e. The molecule has 0 N–H and O–H groups in total. The van der Waals surface area contributed by atoms with Crippen LogP contribution in [0.25, 0.3) is 0 Å². The van der Waals surface area contributed by atoms with Gasteiger partial charge in [0, 0.05) is 30.8 Å². The van der Waals surface area contributed by atoms with Crippen LogP contribution in [0.5, 0.6) is 0 Å². The fraction of sp³-hybridized carbons (Fsp3) is 0.632. The predicted octanol–water partition coefficient (Wildman–Crippen LogP) is 3.90. The summed E-state index contributed by atoms with van der Waals surface area (Å²) in [6.45, 7) is 3.25. The van der Waals surface area contributed by atoms with Crippen LogP contribution in [0, 0.1) is 5.41 Å². The van der Waals surface area contributed by atoms with Crippen LogP contribution in [0.2, 0.25) is 0 Å². The molecule has 3 fully saturated rings. The van der Waals surface area contributed by atoms with Gasteiger partial charge in [-0.25, -0.2) is 0 Å². The summed E-state index contributed by atoms with van der Waals surface area (Å²) in [5.74, 6) is 0.332. The normalized spacial score (nSPS) is 25.3. The second-order valence-electron chi connectivity index (χ2n) is 7.49. The van der Waals surface area contributed by atoms with Crippen molar-refractivity contribution in [3.8, 4) is 0 Å². The molecule has 0 bridgehead atoms. The fourth-order valence-electron chi connectivity index (χ4n) is 4.28. The molecule has 3 aliphatic rings. The van der Waals surface area contributed by atoms with E-state index in [1.807, 2.05) is 0 Å². The number of nitrogens with zero attached hydrogens (tertiary/aromatic N) is 1. The van der Waals surface area contributed by atoms with Crippen LogP contribution in [0.4, 0.5) is 0 Å². The van der Waals surface area contributed by atoms with Gasteiger partial charge < -0.3 is 9.64 Å². The fourth-order valence-corrected chi connectivity index (χ4v) is 4.54. The lowest BCUT2D eigenvalue weighted by molar-refractivity contribution is -0.143. The van der Waals surface area contributed by atoms with Crippen LogP contribution in [-0.4, -0.2) is 37.1 Å². The van der Waals surface area contributed by atoms with Gasteiger partial charge in [-0.3, -0.25) is 4.79 Å². The number of amides is 1. The van der Waals surface area contributed by atoms with Gasteiger partial charge in [0.2, 0.25) is 5.91 Å². The van der Waals surface area contributed by atoms with E-state index in [1.54, 1.807) is 0 Å². The molecule has 1 aromatic rings. The summed E-state index contributed by atoms with van der Waals surface area (Å²) in [5, 5.41) is 0. The quantitative estimate of drug-likeness (QED) is 0.781. The number of rotatable bonds is 2. The molecule has 0 aromatic heterocycles. The van der Waals surface area contributed by atoms with Gasteiger partial charge in [0.05, 0.1) is 5.41 Å². The highest BCUT2D eigenvalue weighted by Crippen LogP contribution is 2.54. The molecule has 1 spiro atoms. The molecule has 124 valence electrons. The van der Waals surface area contributed by atoms with Crippen molar-refractivity contribution in [1.82, 2.24) is 4.90 Å². The maximum atomic E-state index is 13.5. The second kappa shape index (κ2) is 5.89. The van der Waals surface area contributed by atoms with E-state index in [4.69, 9.17) is 4.74 Å². The van der Waals surface area contributed by atoms with E-state index in [2.05, 4.69) is 45.1 Å². The lowest BCUT2D eigenvalue weighted by Gasteiger charge is -2.42. The van der Waals surface area contributed by atoms with Crippen LogP contribution in [-0.2, 0) is 14.9 Å². The van der Waals surface area contributed by atoms with Crippen molar-refractivity contribution in [2.45, 2.75) is 43.9 Å². The minimum atomic E-state index is -0.382. The molecule has 1 amide bonds. The maximum Gasteiger partial charge on any atom is 0.233 e. The number of hydrogen-bond acceptors (Lipinski definition) is 2. The minimum absolute atomic E-state index is 0.332. The van der Waals surface area contributed by atoms with Gasteiger partial charge in [-0.15, -0.1) is 0 Å². The summed E-state index contributed by atoms with van der Waals surface area (Å²) < 4.78 is 6.63. The van der Waals surface area contributed by atoms with E-state index in [9.17, 15) is 4.79 Å². The Morgan fingerprint density at radius 1 is 0.957 bits per heavy atom. The number of likely N-dealkylation sites (tertiary alicyclic amines) is 1. The van der Waals surface area contributed by atoms with Crippen molar-refractivity contribution in [2.75, 3.05) is 26.3 Å². The maximum absolute atomic E-state index is 13.5. The van der Waals surface area contributed by atoms with E-state index in [1.165, 1.54) is 25.7 Å². The van der Waals surface area contributed by atoms with Crippen LogP contribution in [0.3, 0.4) is 0 Å². The molecule has 2 saturated heterocycles. The van der Waals surface area contributed by atoms with Crippen molar-refractivity contribution in [2.24, 2.45) is 5.41 Å². The van der Waals surface area contributed by atoms with Gasteiger partial charge in [0.25, 0.3) is 0 Å². The van der Waals surface area contributed by atoms with Gasteiger partial charge in [0.1, 0.15) is 0 Å². The molecule has 0 atom stereocenters. The molecule has 4 rings (SSSR count). The van der Waals surface area contributed by atoms with Gasteiger partial charge in [-0.05, 0) is 61.6 Å². The predicted molar refractivity (Wildman–Crippen MR) is 93.4 cm³/mol. The monoisotopic (exact) mass is 377 g/mol. The number of hydrogen-bond donors (Lipinski definition) is 0. The zero-order valence-electron chi connectivity index (χ0n) is 13.5. The lowest BCUT2D eigenvalue weighted by Crippen LogP contribution is -2.52. The molecule has 2 aliphatic heterocycles. The Hall–Kier alpha value is -0.870. The summed E-state index contributed by atoms with van der Waals surface area (Å²) in [7, 11) is 0. The Labute approximate surface area is 146 Å². The number of halogens is 1. The Morgan fingerprint density at radius 2 is 1.57 bits per heavy atom. The first-order chi connectivity index (χ1) is 11.1. The summed E-state index contributed by atoms with van der Waals surface area (Å²) >= 11 is 3.50. The molecule has 4 heteroatoms. The second-order valence-corrected chi connectivity index (χ2v) is 8.41. The Balaban J connectivity index is 1.59. The first-order valence-electron chi connectivity index (χ1n) is 8.77. The van der Waals surface area contributed by atoms with Crippen LogP contribution in [0.15, 0.2) is 28.7 Å². The number of carbonyl (C=O) groups excluding carboxylic acids is 1. The first-order valence-corrected chi connectivity index (χ1v) is 9.56. The Morgan fingerprint density at radius 3 is 2.13 bits per heavy atom. The molecule has 0 unspecified atom stereocenters. The third-order valence-electron chi connectivity index (χ3n) is 6.22. The minimum Gasteiger partial charge on any atom is -0.381 e. The average Bonchev–Trinajstić information content (AvgIpc) is 3.35. The zero-order chi connectivity index (χ0) is 15.9. The summed E-state index contributed by atoms with van der Waals surface area (Å²) in [6.07, 6.45) is 6.75. The van der Waals surface area contributed by atoms with E-state index in [-0.39, 0.29) is 5.41 Å². The number of ether oxygens (including phenoxy) is 1. The molecule has 3 nitrogen and oxygen atoms in total. The van der Waals surface area contributed by atoms with Gasteiger partial charge in [0.15, 0.2) is 0 Å². The largest absolute Gasteiger partial charge is 0.381 e. The van der Waals surface area contributed by atoms with Crippen LogP contribution >= 0.6 is 15.9 Å². The van der Waals surface area contributed by atoms with Gasteiger partial charge >= 0.3 is 0 Å². The number of carbonyl (C=O) groups is 1. The third kappa shape index (κ3) is 2.85. The average molecular weight is 378 g/mol. The summed E-state index contributed by atoms with van der Waals surface area (Å²) in [6, 6.07) is 8.32. The highest BCUT2D eigenvalue weighted by molar-refractivity contribution is 9.10. The molecule has 0 radical (unpaired) electrons. The Bertz CT molecular complexity index is 578. The van der Waals surface area contributed by atoms with E-state index >= 15 is 0 Å². The third-order valence-corrected chi connectivity index (χ3v) is 6.75. The highest BCUT2D eigenvalue weighted by Gasteiger charge is 2.49. The van der Waals surface area contributed by atoms with Crippen molar-refractivity contribution in [3.63, 3.8) is 0 Å². The highest BCUT2D eigenvalue weighted by atomic mass is 79.9. The van der Waals surface area contributed by atoms with Gasteiger partial charge in [-0.1, -0.05) is 28.1 Å². The van der Waals surface area contributed by atoms with E-state index in [0.717, 1.165) is 36.0 Å². The van der Waals surface area contributed by atoms with Crippen molar-refractivity contribution >= 4 is 21.8 Å². The lowest BCUT2D eigenvalue weighted by atomic mass is 9.72. The van der Waals surface area contributed by atoms with Crippen molar-refractivity contribution in [1.29, 1.82) is 0 Å². The molecule has 2 heterocycles. The zero-order valence-corrected chi connectivity index (χ0v) is 15.1. The van der Waals surface area contributed by atoms with Crippen LogP contribution in [0.1, 0.15) is 44.1 Å². The van der Waals surface area contributed by atoms with Crippen molar-refractivity contribution < 1.29 is 9.53 Å². The molecule has 1 aromatic carbocycles. The van der Waals surface area contributed by atoms with E-state index in [0.29, 0.717) is 24.5 Å². The van der Waals surface area contributed by atoms with E-state index < -0.39 is 0 Å². The number of benzene rings is 1. The number of piperidine rings is 1. The first kappa shape index (κ1) is 15.6. The van der Waals surface area contributed by atoms with Gasteiger partial charge in [-0.2, -0.15) is 0 Å². The molecule has 23 heavy (non-hydrogen) atoms. The topological polar surface area (TPSA) is 29.5 Å². The summed E-state index contributed by atoms with van der Waals surface area (Å²) in [5.41, 5.74) is 1.38. The van der Waals surface area contributed by atoms with Crippen molar-refractivity contribution in [3.05, 3.63) is 34.3 Å². The Kier molecular flexibility index (Phi) is 4.01. The molecular formula is C19H24BrNO2. The molecule has 1 aliphatic carbocycles.